The molecule has 2 aliphatic heterocycles. The van der Waals surface area contributed by atoms with Gasteiger partial charge in [0, 0.05) is 24.2 Å². The summed E-state index contributed by atoms with van der Waals surface area (Å²) >= 11 is 0. The Hall–Kier alpha value is -1.44. The van der Waals surface area contributed by atoms with Crippen LogP contribution >= 0.6 is 0 Å². The van der Waals surface area contributed by atoms with Crippen LogP contribution in [-0.2, 0) is 6.54 Å². The number of benzene rings is 1. The highest BCUT2D eigenvalue weighted by Crippen LogP contribution is 2.37. The molecule has 2 heterocycles. The van der Waals surface area contributed by atoms with E-state index in [1.165, 1.54) is 6.07 Å². The molecule has 3 nitrogen and oxygen atoms in total. The summed E-state index contributed by atoms with van der Waals surface area (Å²) in [6.45, 7) is 0.545. The molecule has 4 heteroatoms. The van der Waals surface area contributed by atoms with Gasteiger partial charge in [0.25, 0.3) is 0 Å². The third-order valence-corrected chi connectivity index (χ3v) is 4.41. The molecule has 0 aliphatic carbocycles. The van der Waals surface area contributed by atoms with Crippen molar-refractivity contribution < 1.29 is 9.50 Å². The number of rotatable bonds is 2. The van der Waals surface area contributed by atoms with Gasteiger partial charge in [0.2, 0.25) is 0 Å². The first-order chi connectivity index (χ1) is 9.19. The van der Waals surface area contributed by atoms with Crippen molar-refractivity contribution in [2.45, 2.75) is 50.4 Å². The Balaban J connectivity index is 1.81. The molecule has 100 valence electrons. The number of piperidine rings is 1. The standard InChI is InChI=1S/C15H17FN2O/c16-15-10(8-17)2-1-3-11(15)9-18-12-4-5-13(18)7-14(19)6-12/h1-3,12-14,19H,4-7,9H2. The van der Waals surface area contributed by atoms with Crippen LogP contribution in [0.15, 0.2) is 18.2 Å². The van der Waals surface area contributed by atoms with Crippen molar-refractivity contribution >= 4 is 0 Å². The van der Waals surface area contributed by atoms with E-state index in [9.17, 15) is 9.50 Å². The van der Waals surface area contributed by atoms with E-state index in [4.69, 9.17) is 5.26 Å². The molecule has 1 aromatic carbocycles. The van der Waals surface area contributed by atoms with Crippen LogP contribution in [0.3, 0.4) is 0 Å². The molecular formula is C15H17FN2O. The number of halogens is 1. The van der Waals surface area contributed by atoms with Gasteiger partial charge >= 0.3 is 0 Å². The molecule has 2 fully saturated rings. The molecule has 0 amide bonds. The smallest absolute Gasteiger partial charge is 0.145 e. The Morgan fingerprint density at radius 1 is 1.32 bits per heavy atom. The second-order valence-electron chi connectivity index (χ2n) is 5.57. The summed E-state index contributed by atoms with van der Waals surface area (Å²) in [5, 5.41) is 18.6. The second-order valence-corrected chi connectivity index (χ2v) is 5.57. The van der Waals surface area contributed by atoms with Gasteiger partial charge in [0.05, 0.1) is 11.7 Å². The number of nitrogens with zero attached hydrogens (tertiary/aromatic N) is 2. The summed E-state index contributed by atoms with van der Waals surface area (Å²) in [6, 6.07) is 7.60. The topological polar surface area (TPSA) is 47.3 Å². The third kappa shape index (κ3) is 2.24. The van der Waals surface area contributed by atoms with Crippen molar-refractivity contribution in [3.63, 3.8) is 0 Å². The Bertz CT molecular complexity index is 511. The first-order valence-electron chi connectivity index (χ1n) is 6.80. The lowest BCUT2D eigenvalue weighted by Gasteiger charge is -2.37. The van der Waals surface area contributed by atoms with Crippen LogP contribution < -0.4 is 0 Å². The summed E-state index contributed by atoms with van der Waals surface area (Å²) in [4.78, 5) is 2.30. The molecule has 2 unspecified atom stereocenters. The summed E-state index contributed by atoms with van der Waals surface area (Å²) in [7, 11) is 0. The van der Waals surface area contributed by atoms with Gasteiger partial charge in [-0.05, 0) is 31.7 Å². The van der Waals surface area contributed by atoms with Gasteiger partial charge < -0.3 is 5.11 Å². The molecule has 0 radical (unpaired) electrons. The molecule has 3 rings (SSSR count). The van der Waals surface area contributed by atoms with Crippen molar-refractivity contribution in [2.75, 3.05) is 0 Å². The SMILES string of the molecule is N#Cc1cccc(CN2C3CCC2CC(O)C3)c1F. The fourth-order valence-corrected chi connectivity index (χ4v) is 3.49. The molecule has 2 atom stereocenters. The Morgan fingerprint density at radius 2 is 2.00 bits per heavy atom. The highest BCUT2D eigenvalue weighted by atomic mass is 19.1. The normalized spacial score (nSPS) is 30.3. The second kappa shape index (κ2) is 4.92. The molecular weight excluding hydrogens is 243 g/mol. The lowest BCUT2D eigenvalue weighted by atomic mass is 9.98. The number of hydrogen-bond donors (Lipinski definition) is 1. The molecule has 1 N–H and O–H groups in total. The number of hydrogen-bond acceptors (Lipinski definition) is 3. The van der Waals surface area contributed by atoms with E-state index in [1.807, 2.05) is 6.07 Å². The van der Waals surface area contributed by atoms with E-state index in [1.54, 1.807) is 12.1 Å². The van der Waals surface area contributed by atoms with Gasteiger partial charge in [-0.25, -0.2) is 4.39 Å². The fourth-order valence-electron chi connectivity index (χ4n) is 3.49. The van der Waals surface area contributed by atoms with Crippen LogP contribution in [0.5, 0.6) is 0 Å². The van der Waals surface area contributed by atoms with E-state index < -0.39 is 5.82 Å². The molecule has 0 aromatic heterocycles. The summed E-state index contributed by atoms with van der Waals surface area (Å²) in [6.07, 6.45) is 3.54. The van der Waals surface area contributed by atoms with Crippen molar-refractivity contribution in [3.8, 4) is 6.07 Å². The summed E-state index contributed by atoms with van der Waals surface area (Å²) < 4.78 is 14.1. The minimum absolute atomic E-state index is 0.113. The van der Waals surface area contributed by atoms with E-state index in [2.05, 4.69) is 4.90 Å². The molecule has 2 bridgehead atoms. The Kier molecular flexibility index (Phi) is 3.26. The zero-order chi connectivity index (χ0) is 13.4. The molecule has 0 spiro atoms. The average Bonchev–Trinajstić information content (AvgIpc) is 2.64. The lowest BCUT2D eigenvalue weighted by molar-refractivity contribution is 0.0305. The fraction of sp³-hybridized carbons (Fsp3) is 0.533. The summed E-state index contributed by atoms with van der Waals surface area (Å²) in [5.74, 6) is -0.393. The van der Waals surface area contributed by atoms with Gasteiger partial charge in [-0.15, -0.1) is 0 Å². The monoisotopic (exact) mass is 260 g/mol. The molecule has 1 aromatic rings. The first-order valence-corrected chi connectivity index (χ1v) is 6.80. The Morgan fingerprint density at radius 3 is 2.63 bits per heavy atom. The zero-order valence-corrected chi connectivity index (χ0v) is 10.7. The van der Waals surface area contributed by atoms with E-state index in [-0.39, 0.29) is 11.7 Å². The van der Waals surface area contributed by atoms with Gasteiger partial charge in [0.15, 0.2) is 0 Å². The molecule has 0 saturated carbocycles. The van der Waals surface area contributed by atoms with Crippen molar-refractivity contribution in [1.82, 2.24) is 4.90 Å². The highest BCUT2D eigenvalue weighted by Gasteiger charge is 2.40. The summed E-state index contributed by atoms with van der Waals surface area (Å²) in [5.41, 5.74) is 0.703. The zero-order valence-electron chi connectivity index (χ0n) is 10.7. The number of fused-ring (bicyclic) bond motifs is 2. The number of aliphatic hydroxyl groups is 1. The van der Waals surface area contributed by atoms with Gasteiger partial charge in [0.1, 0.15) is 11.9 Å². The quantitative estimate of drug-likeness (QED) is 0.886. The maximum atomic E-state index is 14.1. The number of aliphatic hydroxyl groups excluding tert-OH is 1. The number of nitriles is 1. The Labute approximate surface area is 112 Å². The van der Waals surface area contributed by atoms with Gasteiger partial charge in [-0.2, -0.15) is 5.26 Å². The van der Waals surface area contributed by atoms with Gasteiger partial charge in [-0.3, -0.25) is 4.90 Å². The minimum Gasteiger partial charge on any atom is -0.393 e. The maximum Gasteiger partial charge on any atom is 0.145 e. The average molecular weight is 260 g/mol. The molecule has 2 saturated heterocycles. The van der Waals surface area contributed by atoms with Crippen LogP contribution in [0.1, 0.15) is 36.8 Å². The van der Waals surface area contributed by atoms with Crippen molar-refractivity contribution in [1.29, 1.82) is 5.26 Å². The van der Waals surface area contributed by atoms with Crippen LogP contribution in [0.25, 0.3) is 0 Å². The van der Waals surface area contributed by atoms with E-state index in [0.717, 1.165) is 25.7 Å². The van der Waals surface area contributed by atoms with Gasteiger partial charge in [-0.1, -0.05) is 12.1 Å². The molecule has 2 aliphatic rings. The van der Waals surface area contributed by atoms with E-state index >= 15 is 0 Å². The van der Waals surface area contributed by atoms with E-state index in [0.29, 0.717) is 24.2 Å². The maximum absolute atomic E-state index is 14.1. The van der Waals surface area contributed by atoms with Crippen LogP contribution in [-0.4, -0.2) is 28.2 Å². The lowest BCUT2D eigenvalue weighted by Crippen LogP contribution is -2.44. The van der Waals surface area contributed by atoms with Crippen LogP contribution in [0, 0.1) is 17.1 Å². The third-order valence-electron chi connectivity index (χ3n) is 4.41. The first kappa shape index (κ1) is 12.6. The molecule has 19 heavy (non-hydrogen) atoms. The van der Waals surface area contributed by atoms with Crippen molar-refractivity contribution in [2.24, 2.45) is 0 Å². The predicted octanol–water partition coefficient (Wildman–Crippen LogP) is 2.19. The van der Waals surface area contributed by atoms with Crippen molar-refractivity contribution in [3.05, 3.63) is 35.1 Å². The highest BCUT2D eigenvalue weighted by molar-refractivity contribution is 5.35. The minimum atomic E-state index is -0.393. The largest absolute Gasteiger partial charge is 0.393 e. The predicted molar refractivity (Wildman–Crippen MR) is 68.7 cm³/mol. The van der Waals surface area contributed by atoms with Crippen LogP contribution in [0.4, 0.5) is 4.39 Å². The van der Waals surface area contributed by atoms with Crippen LogP contribution in [0.2, 0.25) is 0 Å².